The molecule has 0 radical (unpaired) electrons. The summed E-state index contributed by atoms with van der Waals surface area (Å²) < 4.78 is 5.75. The molecule has 3 aromatic carbocycles. The molecule has 0 unspecified atom stereocenters. The number of thiocarbonyl (C=S) groups is 1. The lowest BCUT2D eigenvalue weighted by molar-refractivity contribution is 0.0934. The first-order chi connectivity index (χ1) is 15.4. The molecule has 0 aliphatic carbocycles. The number of hydrazine groups is 1. The molecule has 3 aromatic rings. The first-order valence-corrected chi connectivity index (χ1v) is 10.7. The normalized spacial score (nSPS) is 10.2. The van der Waals surface area contributed by atoms with Gasteiger partial charge in [-0.1, -0.05) is 59.6 Å². The average molecular weight is 488 g/mol. The molecule has 0 spiro atoms. The number of amides is 2. The van der Waals surface area contributed by atoms with Gasteiger partial charge >= 0.3 is 0 Å². The van der Waals surface area contributed by atoms with Gasteiger partial charge in [-0.3, -0.25) is 25.8 Å². The van der Waals surface area contributed by atoms with Gasteiger partial charge in [0, 0.05) is 17.0 Å². The average Bonchev–Trinajstić information content (AvgIpc) is 2.78. The minimum atomic E-state index is -0.530. The van der Waals surface area contributed by atoms with Gasteiger partial charge in [-0.2, -0.15) is 0 Å². The molecule has 6 nitrogen and oxygen atoms in total. The third-order valence-corrected chi connectivity index (χ3v) is 5.04. The van der Waals surface area contributed by atoms with E-state index in [9.17, 15) is 9.59 Å². The minimum Gasteiger partial charge on any atom is -0.493 e. The van der Waals surface area contributed by atoms with Crippen molar-refractivity contribution < 1.29 is 14.3 Å². The van der Waals surface area contributed by atoms with Crippen LogP contribution in [-0.4, -0.2) is 23.5 Å². The van der Waals surface area contributed by atoms with Crippen LogP contribution in [0.5, 0.6) is 5.75 Å². The van der Waals surface area contributed by atoms with Gasteiger partial charge in [0.1, 0.15) is 5.75 Å². The van der Waals surface area contributed by atoms with E-state index in [0.717, 1.165) is 6.42 Å². The maximum atomic E-state index is 12.5. The van der Waals surface area contributed by atoms with Crippen molar-refractivity contribution in [1.29, 1.82) is 0 Å². The Morgan fingerprint density at radius 2 is 1.66 bits per heavy atom. The molecule has 0 aliphatic heterocycles. The summed E-state index contributed by atoms with van der Waals surface area (Å²) in [4.78, 5) is 24.7. The van der Waals surface area contributed by atoms with Crippen molar-refractivity contribution in [2.75, 3.05) is 6.61 Å². The second kappa shape index (κ2) is 11.5. The summed E-state index contributed by atoms with van der Waals surface area (Å²) in [7, 11) is 0. The van der Waals surface area contributed by atoms with Crippen LogP contribution in [0.3, 0.4) is 0 Å². The van der Waals surface area contributed by atoms with E-state index in [1.54, 1.807) is 24.3 Å². The second-order valence-electron chi connectivity index (χ2n) is 6.60. The van der Waals surface area contributed by atoms with E-state index >= 15 is 0 Å². The SMILES string of the molecule is O=C(NC(=S)NNC(=O)c1ccc(Cl)cc1Cl)c1cccc(OCCc2ccccc2)c1. The molecule has 3 N–H and O–H groups in total. The van der Waals surface area contributed by atoms with Crippen LogP contribution in [0.15, 0.2) is 72.8 Å². The Labute approximate surface area is 200 Å². The van der Waals surface area contributed by atoms with Crippen LogP contribution in [0.4, 0.5) is 0 Å². The van der Waals surface area contributed by atoms with Crippen LogP contribution in [0, 0.1) is 0 Å². The van der Waals surface area contributed by atoms with Crippen LogP contribution >= 0.6 is 35.4 Å². The standard InChI is InChI=1S/C23H19Cl2N3O3S/c24-17-9-10-19(20(25)14-17)22(30)27-28-23(32)26-21(29)16-7-4-8-18(13-16)31-12-11-15-5-2-1-3-6-15/h1-10,13-14H,11-12H2,(H,27,30)(H2,26,28,29,32). The van der Waals surface area contributed by atoms with Gasteiger partial charge in [0.2, 0.25) is 0 Å². The minimum absolute atomic E-state index is 0.0798. The van der Waals surface area contributed by atoms with E-state index in [-0.39, 0.29) is 15.7 Å². The van der Waals surface area contributed by atoms with Crippen molar-refractivity contribution in [3.63, 3.8) is 0 Å². The topological polar surface area (TPSA) is 79.5 Å². The van der Waals surface area contributed by atoms with Gasteiger partial charge in [0.05, 0.1) is 17.2 Å². The van der Waals surface area contributed by atoms with E-state index in [2.05, 4.69) is 16.2 Å². The van der Waals surface area contributed by atoms with Crippen molar-refractivity contribution in [2.45, 2.75) is 6.42 Å². The Hall–Kier alpha value is -3.13. The van der Waals surface area contributed by atoms with Crippen molar-refractivity contribution >= 4 is 52.3 Å². The number of benzene rings is 3. The molecule has 0 bridgehead atoms. The largest absolute Gasteiger partial charge is 0.493 e. The fourth-order valence-corrected chi connectivity index (χ4v) is 3.36. The number of carbonyl (C=O) groups excluding carboxylic acids is 2. The van der Waals surface area contributed by atoms with Gasteiger partial charge in [0.25, 0.3) is 11.8 Å². The number of halogens is 2. The molecular formula is C23H19Cl2N3O3S. The Morgan fingerprint density at radius 1 is 0.875 bits per heavy atom. The maximum absolute atomic E-state index is 12.5. The summed E-state index contributed by atoms with van der Waals surface area (Å²) in [5.74, 6) is -0.412. The first kappa shape index (κ1) is 23.5. The van der Waals surface area contributed by atoms with E-state index in [1.165, 1.54) is 23.8 Å². The summed E-state index contributed by atoms with van der Waals surface area (Å²) in [6, 6.07) is 21.2. The third-order valence-electron chi connectivity index (χ3n) is 4.29. The van der Waals surface area contributed by atoms with Crippen LogP contribution in [0.1, 0.15) is 26.3 Å². The van der Waals surface area contributed by atoms with Gasteiger partial charge in [-0.15, -0.1) is 0 Å². The summed E-state index contributed by atoms with van der Waals surface area (Å²) in [6.45, 7) is 0.480. The van der Waals surface area contributed by atoms with Crippen molar-refractivity contribution in [3.05, 3.63) is 99.5 Å². The van der Waals surface area contributed by atoms with Crippen LogP contribution < -0.4 is 20.9 Å². The van der Waals surface area contributed by atoms with Gasteiger partial charge in [0.15, 0.2) is 5.11 Å². The van der Waals surface area contributed by atoms with Crippen molar-refractivity contribution in [3.8, 4) is 5.75 Å². The highest BCUT2D eigenvalue weighted by Crippen LogP contribution is 2.20. The van der Waals surface area contributed by atoms with Gasteiger partial charge in [-0.05, 0) is 54.2 Å². The number of carbonyl (C=O) groups is 2. The zero-order chi connectivity index (χ0) is 22.9. The Kier molecular flexibility index (Phi) is 8.44. The third kappa shape index (κ3) is 6.95. The van der Waals surface area contributed by atoms with Gasteiger partial charge < -0.3 is 4.74 Å². The number of rotatable bonds is 6. The Bertz CT molecular complexity index is 1130. The lowest BCUT2D eigenvalue weighted by atomic mass is 10.2. The molecular weight excluding hydrogens is 469 g/mol. The Morgan fingerprint density at radius 3 is 2.41 bits per heavy atom. The maximum Gasteiger partial charge on any atom is 0.271 e. The zero-order valence-corrected chi connectivity index (χ0v) is 19.1. The molecule has 3 rings (SSSR count). The lowest BCUT2D eigenvalue weighted by Crippen LogP contribution is -2.48. The van der Waals surface area contributed by atoms with Crippen molar-refractivity contribution in [1.82, 2.24) is 16.2 Å². The molecule has 0 aromatic heterocycles. The van der Waals surface area contributed by atoms with Crippen LogP contribution in [0.2, 0.25) is 10.0 Å². The molecule has 0 fully saturated rings. The molecule has 0 atom stereocenters. The smallest absolute Gasteiger partial charge is 0.271 e. The van der Waals surface area contributed by atoms with Crippen molar-refractivity contribution in [2.24, 2.45) is 0 Å². The van der Waals surface area contributed by atoms with Crippen LogP contribution in [0.25, 0.3) is 0 Å². The van der Waals surface area contributed by atoms with E-state index in [1.807, 2.05) is 30.3 Å². The fraction of sp³-hybridized carbons (Fsp3) is 0.0870. The number of hydrogen-bond acceptors (Lipinski definition) is 4. The predicted octanol–water partition coefficient (Wildman–Crippen LogP) is 4.56. The predicted molar refractivity (Wildman–Crippen MR) is 129 cm³/mol. The van der Waals surface area contributed by atoms with E-state index < -0.39 is 11.8 Å². The molecule has 2 amide bonds. The monoisotopic (exact) mass is 487 g/mol. The zero-order valence-electron chi connectivity index (χ0n) is 16.7. The molecule has 9 heteroatoms. The lowest BCUT2D eigenvalue weighted by Gasteiger charge is -2.12. The summed E-state index contributed by atoms with van der Waals surface area (Å²) in [5, 5.41) is 3.01. The van der Waals surface area contributed by atoms with Crippen LogP contribution in [-0.2, 0) is 6.42 Å². The quantitative estimate of drug-likeness (QED) is 0.350. The molecule has 0 saturated carbocycles. The molecule has 0 heterocycles. The number of ether oxygens (including phenoxy) is 1. The molecule has 164 valence electrons. The molecule has 0 aliphatic rings. The summed E-state index contributed by atoms with van der Waals surface area (Å²) >= 11 is 16.9. The first-order valence-electron chi connectivity index (χ1n) is 9.56. The van der Waals surface area contributed by atoms with Gasteiger partial charge in [-0.25, -0.2) is 0 Å². The molecule has 0 saturated heterocycles. The summed E-state index contributed by atoms with van der Waals surface area (Å²) in [5.41, 5.74) is 6.57. The van der Waals surface area contributed by atoms with E-state index in [4.69, 9.17) is 40.2 Å². The highest BCUT2D eigenvalue weighted by atomic mass is 35.5. The highest BCUT2D eigenvalue weighted by Gasteiger charge is 2.13. The number of hydrogen-bond donors (Lipinski definition) is 3. The second-order valence-corrected chi connectivity index (χ2v) is 7.85. The number of nitrogens with one attached hydrogen (secondary N) is 3. The highest BCUT2D eigenvalue weighted by molar-refractivity contribution is 7.80. The molecule has 32 heavy (non-hydrogen) atoms. The fourth-order valence-electron chi connectivity index (χ4n) is 2.72. The van der Waals surface area contributed by atoms with E-state index in [0.29, 0.717) is 22.9 Å². The summed E-state index contributed by atoms with van der Waals surface area (Å²) in [6.07, 6.45) is 0.753. The Balaban J connectivity index is 1.48.